The number of hydrogen-bond donors (Lipinski definition) is 0. The van der Waals surface area contributed by atoms with Crippen LogP contribution in [-0.4, -0.2) is 37.2 Å². The Labute approximate surface area is 510 Å². The van der Waals surface area contributed by atoms with Crippen molar-refractivity contribution < 1.29 is 28.6 Å². The number of hydrogen-bond acceptors (Lipinski definition) is 6. The van der Waals surface area contributed by atoms with Gasteiger partial charge >= 0.3 is 17.9 Å². The van der Waals surface area contributed by atoms with Crippen molar-refractivity contribution >= 4 is 17.9 Å². The highest BCUT2D eigenvalue weighted by molar-refractivity contribution is 5.71. The van der Waals surface area contributed by atoms with Gasteiger partial charge in [0.1, 0.15) is 13.2 Å². The van der Waals surface area contributed by atoms with Gasteiger partial charge in [0.05, 0.1) is 0 Å². The van der Waals surface area contributed by atoms with Crippen molar-refractivity contribution in [1.82, 2.24) is 0 Å². The summed E-state index contributed by atoms with van der Waals surface area (Å²) in [5, 5.41) is 0. The highest BCUT2D eigenvalue weighted by atomic mass is 16.6. The summed E-state index contributed by atoms with van der Waals surface area (Å²) in [6, 6.07) is 0. The summed E-state index contributed by atoms with van der Waals surface area (Å²) in [4.78, 5) is 38.5. The van der Waals surface area contributed by atoms with Crippen molar-refractivity contribution in [1.29, 1.82) is 0 Å². The van der Waals surface area contributed by atoms with Crippen LogP contribution in [-0.2, 0) is 28.6 Å². The van der Waals surface area contributed by atoms with E-state index in [1.807, 2.05) is 0 Å². The monoisotopic (exact) mass is 1150 g/mol. The largest absolute Gasteiger partial charge is 0.462 e. The third-order valence-corrected chi connectivity index (χ3v) is 15.9. The van der Waals surface area contributed by atoms with Crippen LogP contribution in [0.25, 0.3) is 0 Å². The molecule has 0 aromatic rings. The molecule has 0 saturated heterocycles. The van der Waals surface area contributed by atoms with Gasteiger partial charge in [0.2, 0.25) is 0 Å². The smallest absolute Gasteiger partial charge is 0.306 e. The maximum Gasteiger partial charge on any atom is 0.306 e. The van der Waals surface area contributed by atoms with Gasteiger partial charge in [-0.1, -0.05) is 338 Å². The molecule has 6 nitrogen and oxygen atoms in total. The molecule has 0 spiro atoms. The third kappa shape index (κ3) is 67.6. The molecule has 0 aliphatic rings. The van der Waals surface area contributed by atoms with Gasteiger partial charge in [-0.2, -0.15) is 0 Å². The summed E-state index contributed by atoms with van der Waals surface area (Å²) >= 11 is 0. The zero-order chi connectivity index (χ0) is 59.2. The summed E-state index contributed by atoms with van der Waals surface area (Å²) in [7, 11) is 0. The first-order valence-corrected chi connectivity index (χ1v) is 35.9. The molecule has 0 bridgehead atoms. The van der Waals surface area contributed by atoms with Gasteiger partial charge in [0.25, 0.3) is 0 Å². The van der Waals surface area contributed by atoms with Gasteiger partial charge in [-0.05, 0) is 89.9 Å². The van der Waals surface area contributed by atoms with Gasteiger partial charge in [0.15, 0.2) is 6.10 Å². The lowest BCUT2D eigenvalue weighted by Gasteiger charge is -2.18. The van der Waals surface area contributed by atoms with Gasteiger partial charge in [-0.15, -0.1) is 0 Å². The minimum Gasteiger partial charge on any atom is -0.462 e. The lowest BCUT2D eigenvalue weighted by molar-refractivity contribution is -0.167. The molecule has 0 heterocycles. The Balaban J connectivity index is 4.31. The molecular weight excluding hydrogens is 1010 g/mol. The molecule has 0 amide bonds. The quantitative estimate of drug-likeness (QED) is 0.0261. The highest BCUT2D eigenvalue weighted by Gasteiger charge is 2.19. The van der Waals surface area contributed by atoms with Gasteiger partial charge < -0.3 is 14.2 Å². The van der Waals surface area contributed by atoms with Crippen molar-refractivity contribution in [2.45, 2.75) is 380 Å². The number of carbonyl (C=O) groups excluding carboxylic acids is 3. The maximum atomic E-state index is 13.0. The Morgan fingerprint density at radius 2 is 0.476 bits per heavy atom. The van der Waals surface area contributed by atoms with E-state index in [0.717, 1.165) is 103 Å². The fourth-order valence-corrected chi connectivity index (χ4v) is 10.6. The van der Waals surface area contributed by atoms with Crippen LogP contribution in [0, 0.1) is 0 Å². The van der Waals surface area contributed by atoms with E-state index in [1.165, 1.54) is 231 Å². The standard InChI is InChI=1S/C76H136O6/c1-4-7-10-13-16-19-22-25-28-30-32-34-36-38-40-41-43-45-48-51-54-57-60-63-66-69-75(78)81-72-73(71-80-74(77)68-65-62-59-56-53-50-47-27-24-21-18-15-12-9-6-3)82-76(79)70-67-64-61-58-55-52-49-46-44-42-39-37-35-33-31-29-26-23-20-17-14-11-8-5-2/h7,10,16,19,25,27-28,32,34,38,40,47,73H,4-6,8-9,11-15,17-18,20-24,26,29-31,33,35-37,39,41-46,48-72H2,1-3H3/b10-7-,19-16-,28-25-,34-32-,40-38-,47-27-. The van der Waals surface area contributed by atoms with Crippen LogP contribution in [0.15, 0.2) is 72.9 Å². The molecule has 0 aliphatic heterocycles. The van der Waals surface area contributed by atoms with E-state index in [9.17, 15) is 14.4 Å². The molecule has 0 fully saturated rings. The number of allylic oxidation sites excluding steroid dienone is 12. The molecule has 476 valence electrons. The SMILES string of the molecule is CC/C=C\C/C=C\C/C=C\C/C=C\C/C=C\CCCCCCCCCCCC(=O)OCC(COC(=O)CCCCCCC/C=C\CCCCCCCC)OC(=O)CCCCCCCCCCCCCCCCCCCCCCCCCC. The van der Waals surface area contributed by atoms with E-state index < -0.39 is 6.10 Å². The van der Waals surface area contributed by atoms with Gasteiger partial charge in [0, 0.05) is 19.3 Å². The minimum absolute atomic E-state index is 0.0776. The van der Waals surface area contributed by atoms with Crippen LogP contribution in [0.5, 0.6) is 0 Å². The first-order valence-electron chi connectivity index (χ1n) is 35.9. The number of esters is 3. The van der Waals surface area contributed by atoms with Crippen molar-refractivity contribution in [2.75, 3.05) is 13.2 Å². The molecule has 0 aromatic carbocycles. The second-order valence-corrected chi connectivity index (χ2v) is 24.1. The topological polar surface area (TPSA) is 78.9 Å². The molecule has 1 atom stereocenters. The minimum atomic E-state index is -0.781. The van der Waals surface area contributed by atoms with Crippen molar-refractivity contribution in [3.8, 4) is 0 Å². The Hall–Kier alpha value is -3.15. The lowest BCUT2D eigenvalue weighted by Crippen LogP contribution is -2.30. The molecule has 0 aliphatic carbocycles. The maximum absolute atomic E-state index is 13.0. The van der Waals surface area contributed by atoms with Crippen LogP contribution in [0.3, 0.4) is 0 Å². The van der Waals surface area contributed by atoms with E-state index in [1.54, 1.807) is 0 Å². The van der Waals surface area contributed by atoms with E-state index in [-0.39, 0.29) is 31.1 Å². The summed E-state index contributed by atoms with van der Waals surface area (Å²) in [5.41, 5.74) is 0. The molecule has 0 aromatic heterocycles. The molecule has 6 heteroatoms. The van der Waals surface area contributed by atoms with E-state index >= 15 is 0 Å². The number of carbonyl (C=O) groups is 3. The Morgan fingerprint density at radius 1 is 0.256 bits per heavy atom. The molecule has 0 rings (SSSR count). The second-order valence-electron chi connectivity index (χ2n) is 24.1. The van der Waals surface area contributed by atoms with Crippen LogP contribution in [0.4, 0.5) is 0 Å². The van der Waals surface area contributed by atoms with Crippen molar-refractivity contribution in [3.63, 3.8) is 0 Å². The molecule has 1 unspecified atom stereocenters. The zero-order valence-corrected chi connectivity index (χ0v) is 54.8. The fourth-order valence-electron chi connectivity index (χ4n) is 10.6. The Kier molecular flexibility index (Phi) is 67.6. The fraction of sp³-hybridized carbons (Fsp3) is 0.803. The first-order chi connectivity index (χ1) is 40.5. The normalized spacial score (nSPS) is 12.5. The van der Waals surface area contributed by atoms with Gasteiger partial charge in [-0.25, -0.2) is 0 Å². The van der Waals surface area contributed by atoms with Crippen molar-refractivity contribution in [3.05, 3.63) is 72.9 Å². The number of ether oxygens (including phenoxy) is 3. The average molecular weight is 1150 g/mol. The van der Waals surface area contributed by atoms with Crippen LogP contribution in [0.1, 0.15) is 374 Å². The summed E-state index contributed by atoms with van der Waals surface area (Å²) < 4.78 is 17.0. The first kappa shape index (κ1) is 78.8. The van der Waals surface area contributed by atoms with Crippen LogP contribution in [0.2, 0.25) is 0 Å². The number of rotatable bonds is 66. The van der Waals surface area contributed by atoms with Crippen molar-refractivity contribution in [2.24, 2.45) is 0 Å². The highest BCUT2D eigenvalue weighted by Crippen LogP contribution is 2.18. The van der Waals surface area contributed by atoms with Crippen LogP contribution >= 0.6 is 0 Å². The van der Waals surface area contributed by atoms with E-state index in [2.05, 4.69) is 93.7 Å². The van der Waals surface area contributed by atoms with Crippen LogP contribution < -0.4 is 0 Å². The summed E-state index contributed by atoms with van der Waals surface area (Å²) in [6.45, 7) is 6.57. The summed E-state index contributed by atoms with van der Waals surface area (Å²) in [5.74, 6) is -0.868. The second kappa shape index (κ2) is 70.3. The van der Waals surface area contributed by atoms with E-state index in [0.29, 0.717) is 19.3 Å². The third-order valence-electron chi connectivity index (χ3n) is 15.9. The predicted octanol–water partition coefficient (Wildman–Crippen LogP) is 24.8. The lowest BCUT2D eigenvalue weighted by atomic mass is 10.0. The Bertz CT molecular complexity index is 1500. The molecule has 82 heavy (non-hydrogen) atoms. The Morgan fingerprint density at radius 3 is 0.756 bits per heavy atom. The van der Waals surface area contributed by atoms with Gasteiger partial charge in [-0.3, -0.25) is 14.4 Å². The van der Waals surface area contributed by atoms with E-state index in [4.69, 9.17) is 14.2 Å². The summed E-state index contributed by atoms with van der Waals surface area (Å²) in [6.07, 6.45) is 92.1. The average Bonchev–Trinajstić information content (AvgIpc) is 3.47. The number of unbranched alkanes of at least 4 members (excludes halogenated alkanes) is 43. The zero-order valence-electron chi connectivity index (χ0n) is 54.8. The molecule has 0 radical (unpaired) electrons. The molecular formula is C76H136O6. The molecule has 0 saturated carbocycles. The predicted molar refractivity (Wildman–Crippen MR) is 358 cm³/mol. The molecule has 0 N–H and O–H groups in total.